The quantitative estimate of drug-likeness (QED) is 0.719. The Morgan fingerprint density at radius 3 is 2.73 bits per heavy atom. The number of aromatic nitrogens is 2. The molecule has 4 rings (SSSR count). The van der Waals surface area contributed by atoms with Gasteiger partial charge in [-0.3, -0.25) is 9.69 Å². The molecule has 0 spiro atoms. The van der Waals surface area contributed by atoms with Crippen molar-refractivity contribution >= 4 is 17.6 Å². The van der Waals surface area contributed by atoms with Gasteiger partial charge in [0.05, 0.1) is 25.0 Å². The third kappa shape index (κ3) is 4.14. The molecule has 0 radical (unpaired) electrons. The van der Waals surface area contributed by atoms with Crippen molar-refractivity contribution in [1.29, 1.82) is 0 Å². The van der Waals surface area contributed by atoms with E-state index in [9.17, 15) is 9.59 Å². The number of carbonyl (C=O) groups is 2. The SMILES string of the molecule is COc1ccccc1N1CCN(CC(=O)N2CCC(Oc3ccc(C)nn3)C2)C1=O. The monoisotopic (exact) mass is 411 g/mol. The molecule has 3 heterocycles. The number of ether oxygens (including phenoxy) is 2. The first-order chi connectivity index (χ1) is 14.5. The number of amides is 3. The number of anilines is 1. The summed E-state index contributed by atoms with van der Waals surface area (Å²) in [6, 6.07) is 10.8. The highest BCUT2D eigenvalue weighted by Gasteiger charge is 2.35. The number of nitrogens with zero attached hydrogens (tertiary/aromatic N) is 5. The second kappa shape index (κ2) is 8.56. The highest BCUT2D eigenvalue weighted by Crippen LogP contribution is 2.30. The molecule has 0 bridgehead atoms. The van der Waals surface area contributed by atoms with Crippen molar-refractivity contribution < 1.29 is 19.1 Å². The van der Waals surface area contributed by atoms with Crippen molar-refractivity contribution in [2.75, 3.05) is 44.7 Å². The van der Waals surface area contributed by atoms with Gasteiger partial charge in [0.15, 0.2) is 0 Å². The summed E-state index contributed by atoms with van der Waals surface area (Å²) in [6.07, 6.45) is 0.605. The fraction of sp³-hybridized carbons (Fsp3) is 0.429. The van der Waals surface area contributed by atoms with Crippen LogP contribution >= 0.6 is 0 Å². The van der Waals surface area contributed by atoms with Gasteiger partial charge in [-0.25, -0.2) is 4.79 Å². The van der Waals surface area contributed by atoms with Crippen molar-refractivity contribution in [2.24, 2.45) is 0 Å². The van der Waals surface area contributed by atoms with Crippen molar-refractivity contribution in [1.82, 2.24) is 20.0 Å². The van der Waals surface area contributed by atoms with Gasteiger partial charge >= 0.3 is 6.03 Å². The Bertz CT molecular complexity index is 920. The number of urea groups is 1. The van der Waals surface area contributed by atoms with Gasteiger partial charge in [-0.1, -0.05) is 12.1 Å². The largest absolute Gasteiger partial charge is 0.495 e. The van der Waals surface area contributed by atoms with E-state index in [1.807, 2.05) is 37.3 Å². The minimum absolute atomic E-state index is 0.0571. The summed E-state index contributed by atoms with van der Waals surface area (Å²) in [4.78, 5) is 30.6. The highest BCUT2D eigenvalue weighted by atomic mass is 16.5. The second-order valence-electron chi connectivity index (χ2n) is 7.41. The minimum Gasteiger partial charge on any atom is -0.495 e. The first kappa shape index (κ1) is 19.9. The summed E-state index contributed by atoms with van der Waals surface area (Å²) in [6.45, 7) is 4.01. The normalized spacial score (nSPS) is 18.8. The highest BCUT2D eigenvalue weighted by molar-refractivity contribution is 5.97. The Kier molecular flexibility index (Phi) is 5.69. The number of para-hydroxylation sites is 2. The van der Waals surface area contributed by atoms with E-state index >= 15 is 0 Å². The second-order valence-corrected chi connectivity index (χ2v) is 7.41. The summed E-state index contributed by atoms with van der Waals surface area (Å²) < 4.78 is 11.2. The van der Waals surface area contributed by atoms with Crippen molar-refractivity contribution in [3.63, 3.8) is 0 Å². The summed E-state index contributed by atoms with van der Waals surface area (Å²) in [5.74, 6) is 1.02. The van der Waals surface area contributed by atoms with Gasteiger partial charge in [-0.2, -0.15) is 5.10 Å². The lowest BCUT2D eigenvalue weighted by Gasteiger charge is -2.22. The van der Waals surface area contributed by atoms with E-state index in [1.165, 1.54) is 0 Å². The lowest BCUT2D eigenvalue weighted by molar-refractivity contribution is -0.130. The van der Waals surface area contributed by atoms with Gasteiger partial charge in [0.1, 0.15) is 18.4 Å². The lowest BCUT2D eigenvalue weighted by atomic mass is 10.2. The topological polar surface area (TPSA) is 88.1 Å². The van der Waals surface area contributed by atoms with E-state index in [1.54, 1.807) is 27.9 Å². The van der Waals surface area contributed by atoms with Crippen LogP contribution in [0.2, 0.25) is 0 Å². The summed E-state index contributed by atoms with van der Waals surface area (Å²) >= 11 is 0. The van der Waals surface area contributed by atoms with Gasteiger partial charge in [-0.05, 0) is 25.1 Å². The Morgan fingerprint density at radius 1 is 1.13 bits per heavy atom. The molecular weight excluding hydrogens is 386 g/mol. The molecule has 0 aliphatic carbocycles. The van der Waals surface area contributed by atoms with Crippen molar-refractivity contribution in [3.8, 4) is 11.6 Å². The maximum absolute atomic E-state index is 12.8. The van der Waals surface area contributed by atoms with E-state index in [-0.39, 0.29) is 24.6 Å². The Hall–Kier alpha value is -3.36. The zero-order valence-electron chi connectivity index (χ0n) is 17.2. The van der Waals surface area contributed by atoms with Gasteiger partial charge in [0.25, 0.3) is 0 Å². The molecule has 2 aliphatic rings. The fourth-order valence-electron chi connectivity index (χ4n) is 3.74. The lowest BCUT2D eigenvalue weighted by Crippen LogP contribution is -2.42. The first-order valence-corrected chi connectivity index (χ1v) is 9.99. The van der Waals surface area contributed by atoms with Crippen LogP contribution < -0.4 is 14.4 Å². The Morgan fingerprint density at radius 2 is 1.97 bits per heavy atom. The molecule has 1 unspecified atom stereocenters. The van der Waals surface area contributed by atoms with E-state index in [0.29, 0.717) is 43.5 Å². The number of methoxy groups -OCH3 is 1. The molecule has 158 valence electrons. The molecule has 2 fully saturated rings. The van der Waals surface area contributed by atoms with Crippen LogP contribution in [0.5, 0.6) is 11.6 Å². The fourth-order valence-corrected chi connectivity index (χ4v) is 3.74. The molecular formula is C21H25N5O4. The summed E-state index contributed by atoms with van der Waals surface area (Å²) in [7, 11) is 1.58. The van der Waals surface area contributed by atoms with Crippen LogP contribution in [0.1, 0.15) is 12.1 Å². The number of carbonyl (C=O) groups excluding carboxylic acids is 2. The number of likely N-dealkylation sites (tertiary alicyclic amines) is 1. The number of rotatable bonds is 6. The molecule has 0 N–H and O–H groups in total. The van der Waals surface area contributed by atoms with Crippen LogP contribution in [0.25, 0.3) is 0 Å². The predicted octanol–water partition coefficient (Wildman–Crippen LogP) is 1.72. The van der Waals surface area contributed by atoms with Crippen LogP contribution in [0.4, 0.5) is 10.5 Å². The van der Waals surface area contributed by atoms with Gasteiger partial charge < -0.3 is 19.3 Å². The molecule has 1 aromatic heterocycles. The zero-order chi connectivity index (χ0) is 21.1. The number of hydrogen-bond donors (Lipinski definition) is 0. The summed E-state index contributed by atoms with van der Waals surface area (Å²) in [5.41, 5.74) is 1.54. The molecule has 1 aromatic carbocycles. The zero-order valence-corrected chi connectivity index (χ0v) is 17.2. The summed E-state index contributed by atoms with van der Waals surface area (Å²) in [5, 5.41) is 7.99. The van der Waals surface area contributed by atoms with E-state index in [0.717, 1.165) is 12.1 Å². The van der Waals surface area contributed by atoms with Crippen LogP contribution in [0, 0.1) is 6.92 Å². The standard InChI is InChI=1S/C21H25N5O4/c1-15-7-8-19(23-22-15)30-16-9-10-24(13-16)20(27)14-25-11-12-26(21(25)28)17-5-3-4-6-18(17)29-2/h3-8,16H,9-14H2,1-2H3. The van der Waals surface area contributed by atoms with Crippen molar-refractivity contribution in [3.05, 3.63) is 42.1 Å². The molecule has 30 heavy (non-hydrogen) atoms. The third-order valence-electron chi connectivity index (χ3n) is 5.36. The average Bonchev–Trinajstić information content (AvgIpc) is 3.37. The molecule has 2 aromatic rings. The van der Waals surface area contributed by atoms with Crippen LogP contribution in [0.15, 0.2) is 36.4 Å². The third-order valence-corrected chi connectivity index (χ3v) is 5.36. The van der Waals surface area contributed by atoms with Crippen LogP contribution in [-0.2, 0) is 4.79 Å². The van der Waals surface area contributed by atoms with Gasteiger partial charge in [0, 0.05) is 32.1 Å². The molecule has 9 nitrogen and oxygen atoms in total. The molecule has 2 saturated heterocycles. The Labute approximate surface area is 175 Å². The first-order valence-electron chi connectivity index (χ1n) is 9.99. The van der Waals surface area contributed by atoms with Gasteiger partial charge in [0.2, 0.25) is 11.8 Å². The molecule has 9 heteroatoms. The predicted molar refractivity (Wildman–Crippen MR) is 110 cm³/mol. The molecule has 1 atom stereocenters. The van der Waals surface area contributed by atoms with Crippen LogP contribution in [-0.4, -0.2) is 77.9 Å². The minimum atomic E-state index is -0.185. The van der Waals surface area contributed by atoms with Gasteiger partial charge in [-0.15, -0.1) is 5.10 Å². The number of aryl methyl sites for hydroxylation is 1. The maximum atomic E-state index is 12.8. The van der Waals surface area contributed by atoms with E-state index in [2.05, 4.69) is 10.2 Å². The van der Waals surface area contributed by atoms with Crippen molar-refractivity contribution in [2.45, 2.75) is 19.4 Å². The molecule has 0 saturated carbocycles. The van der Waals surface area contributed by atoms with Crippen LogP contribution in [0.3, 0.4) is 0 Å². The molecule has 2 aliphatic heterocycles. The van der Waals surface area contributed by atoms with E-state index < -0.39 is 0 Å². The molecule has 3 amide bonds. The number of hydrogen-bond acceptors (Lipinski definition) is 6. The Balaban J connectivity index is 1.32. The maximum Gasteiger partial charge on any atom is 0.325 e. The number of benzene rings is 1. The van der Waals surface area contributed by atoms with E-state index in [4.69, 9.17) is 9.47 Å². The average molecular weight is 411 g/mol. The smallest absolute Gasteiger partial charge is 0.325 e.